The third-order valence-electron chi connectivity index (χ3n) is 5.23. The molecule has 0 amide bonds. The van der Waals surface area contributed by atoms with Crippen LogP contribution in [0.5, 0.6) is 0 Å². The van der Waals surface area contributed by atoms with Gasteiger partial charge < -0.3 is 21.3 Å². The molecule has 6 nitrogen and oxygen atoms in total. The van der Waals surface area contributed by atoms with Gasteiger partial charge in [-0.1, -0.05) is 24.3 Å². The first-order valence-corrected chi connectivity index (χ1v) is 9.90. The summed E-state index contributed by atoms with van der Waals surface area (Å²) in [6.07, 6.45) is 7.46. The Morgan fingerprint density at radius 2 is 1.00 bits per heavy atom. The van der Waals surface area contributed by atoms with E-state index in [9.17, 15) is 0 Å². The van der Waals surface area contributed by atoms with Crippen LogP contribution in [0, 0.1) is 0 Å². The van der Waals surface area contributed by atoms with Gasteiger partial charge in [-0.15, -0.1) is 0 Å². The normalized spacial score (nSPS) is 19.7. The van der Waals surface area contributed by atoms with Crippen molar-refractivity contribution in [2.24, 2.45) is 21.5 Å². The Morgan fingerprint density at radius 1 is 0.654 bits per heavy atom. The van der Waals surface area contributed by atoms with E-state index in [0.717, 1.165) is 26.2 Å². The molecule has 0 bridgehead atoms. The Kier molecular flexibility index (Phi) is 6.75. The van der Waals surface area contributed by atoms with Gasteiger partial charge in [-0.05, 0) is 49.7 Å². The van der Waals surface area contributed by atoms with Gasteiger partial charge in [-0.3, -0.25) is 0 Å². The number of hydrogen-bond acceptors (Lipinski definition) is 2. The molecule has 2 saturated heterocycles. The van der Waals surface area contributed by atoms with Gasteiger partial charge in [0.1, 0.15) is 0 Å². The van der Waals surface area contributed by atoms with Crippen LogP contribution in [-0.2, 0) is 13.1 Å². The number of nitrogens with zero attached hydrogens (tertiary/aromatic N) is 4. The zero-order chi connectivity index (χ0) is 18.2. The zero-order valence-electron chi connectivity index (χ0n) is 15.7. The SMILES string of the molecule is NC(=NCc1ccc(CN=C(N)N2CCCCC2)cc1)N1CCCCC1. The number of likely N-dealkylation sites (tertiary alicyclic amines) is 2. The lowest BCUT2D eigenvalue weighted by Gasteiger charge is -2.27. The van der Waals surface area contributed by atoms with Crippen molar-refractivity contribution in [1.82, 2.24) is 9.80 Å². The second kappa shape index (κ2) is 9.46. The van der Waals surface area contributed by atoms with E-state index in [1.807, 2.05) is 0 Å². The van der Waals surface area contributed by atoms with Crippen molar-refractivity contribution in [2.45, 2.75) is 51.6 Å². The van der Waals surface area contributed by atoms with Gasteiger partial charge in [0.25, 0.3) is 0 Å². The van der Waals surface area contributed by atoms with Gasteiger partial charge in [0, 0.05) is 26.2 Å². The fourth-order valence-corrected chi connectivity index (χ4v) is 3.54. The van der Waals surface area contributed by atoms with Crippen LogP contribution < -0.4 is 11.5 Å². The highest BCUT2D eigenvalue weighted by Gasteiger charge is 2.12. The van der Waals surface area contributed by atoms with Crippen molar-refractivity contribution in [3.05, 3.63) is 35.4 Å². The van der Waals surface area contributed by atoms with Crippen LogP contribution in [0.3, 0.4) is 0 Å². The molecule has 6 heteroatoms. The summed E-state index contributed by atoms with van der Waals surface area (Å²) in [6, 6.07) is 8.42. The lowest BCUT2D eigenvalue weighted by molar-refractivity contribution is 0.338. The van der Waals surface area contributed by atoms with E-state index in [1.54, 1.807) is 0 Å². The average molecular weight is 357 g/mol. The Bertz CT molecular complexity index is 555. The van der Waals surface area contributed by atoms with Crippen molar-refractivity contribution in [1.29, 1.82) is 0 Å². The summed E-state index contributed by atoms with van der Waals surface area (Å²) in [7, 11) is 0. The lowest BCUT2D eigenvalue weighted by atomic mass is 10.1. The maximum Gasteiger partial charge on any atom is 0.191 e. The molecule has 4 N–H and O–H groups in total. The van der Waals surface area contributed by atoms with Gasteiger partial charge in [0.2, 0.25) is 0 Å². The number of nitrogens with two attached hydrogens (primary N) is 2. The molecule has 0 saturated carbocycles. The number of aliphatic imine (C=N–C) groups is 2. The van der Waals surface area contributed by atoms with E-state index in [4.69, 9.17) is 11.5 Å². The van der Waals surface area contributed by atoms with Crippen LogP contribution in [0.25, 0.3) is 0 Å². The van der Waals surface area contributed by atoms with Crippen LogP contribution >= 0.6 is 0 Å². The van der Waals surface area contributed by atoms with E-state index in [1.165, 1.54) is 49.7 Å². The maximum absolute atomic E-state index is 6.12. The monoisotopic (exact) mass is 356 g/mol. The molecule has 0 atom stereocenters. The summed E-state index contributed by atoms with van der Waals surface area (Å²) >= 11 is 0. The van der Waals surface area contributed by atoms with E-state index >= 15 is 0 Å². The smallest absolute Gasteiger partial charge is 0.191 e. The maximum atomic E-state index is 6.12. The molecule has 2 fully saturated rings. The molecule has 2 aliphatic heterocycles. The highest BCUT2D eigenvalue weighted by atomic mass is 15.3. The van der Waals surface area contributed by atoms with Crippen LogP contribution in [0.1, 0.15) is 49.7 Å². The third-order valence-corrected chi connectivity index (χ3v) is 5.23. The molecule has 1 aromatic carbocycles. The molecular formula is C20H32N6. The largest absolute Gasteiger partial charge is 0.370 e. The number of benzene rings is 1. The average Bonchev–Trinajstić information content (AvgIpc) is 2.72. The molecule has 0 aromatic heterocycles. The van der Waals surface area contributed by atoms with Gasteiger partial charge in [-0.25, -0.2) is 9.98 Å². The topological polar surface area (TPSA) is 83.2 Å². The highest BCUT2D eigenvalue weighted by molar-refractivity contribution is 5.78. The van der Waals surface area contributed by atoms with Crippen molar-refractivity contribution < 1.29 is 0 Å². The van der Waals surface area contributed by atoms with E-state index < -0.39 is 0 Å². The van der Waals surface area contributed by atoms with Crippen molar-refractivity contribution in [3.63, 3.8) is 0 Å². The van der Waals surface area contributed by atoms with Crippen LogP contribution in [0.2, 0.25) is 0 Å². The van der Waals surface area contributed by atoms with Crippen molar-refractivity contribution >= 4 is 11.9 Å². The van der Waals surface area contributed by atoms with Crippen LogP contribution in [0.15, 0.2) is 34.3 Å². The van der Waals surface area contributed by atoms with Gasteiger partial charge >= 0.3 is 0 Å². The van der Waals surface area contributed by atoms with E-state index in [2.05, 4.69) is 44.1 Å². The molecule has 0 aliphatic carbocycles. The quantitative estimate of drug-likeness (QED) is 0.640. The molecule has 0 spiro atoms. The summed E-state index contributed by atoms with van der Waals surface area (Å²) in [4.78, 5) is 13.5. The molecule has 0 radical (unpaired) electrons. The molecule has 26 heavy (non-hydrogen) atoms. The van der Waals surface area contributed by atoms with Crippen molar-refractivity contribution in [3.8, 4) is 0 Å². The standard InChI is InChI=1S/C20H32N6/c21-19(25-11-3-1-4-12-25)23-15-17-7-9-18(10-8-17)16-24-20(22)26-13-5-2-6-14-26/h7-10H,1-6,11-16H2,(H2,21,23)(H2,22,24). The molecule has 1 aromatic rings. The summed E-state index contributed by atoms with van der Waals surface area (Å²) in [5.74, 6) is 1.35. The Labute approximate surface area is 157 Å². The first kappa shape index (κ1) is 18.5. The number of rotatable bonds is 4. The van der Waals surface area contributed by atoms with Gasteiger partial charge in [-0.2, -0.15) is 0 Å². The second-order valence-corrected chi connectivity index (χ2v) is 7.26. The molecule has 0 unspecified atom stereocenters. The highest BCUT2D eigenvalue weighted by Crippen LogP contribution is 2.11. The molecular weight excluding hydrogens is 324 g/mol. The fraction of sp³-hybridized carbons (Fsp3) is 0.600. The Hall–Kier alpha value is -2.24. The first-order valence-electron chi connectivity index (χ1n) is 9.90. The Balaban J connectivity index is 1.49. The zero-order valence-corrected chi connectivity index (χ0v) is 15.7. The number of guanidine groups is 2. The van der Waals surface area contributed by atoms with E-state index in [0.29, 0.717) is 25.0 Å². The number of hydrogen-bond donors (Lipinski definition) is 2. The van der Waals surface area contributed by atoms with Crippen LogP contribution in [-0.4, -0.2) is 47.9 Å². The predicted molar refractivity (Wildman–Crippen MR) is 108 cm³/mol. The molecule has 2 heterocycles. The second-order valence-electron chi connectivity index (χ2n) is 7.26. The van der Waals surface area contributed by atoms with Gasteiger partial charge in [0.15, 0.2) is 11.9 Å². The molecule has 142 valence electrons. The van der Waals surface area contributed by atoms with E-state index in [-0.39, 0.29) is 0 Å². The lowest BCUT2D eigenvalue weighted by Crippen LogP contribution is -2.40. The summed E-state index contributed by atoms with van der Waals surface area (Å²) in [5, 5.41) is 0. The molecule has 2 aliphatic rings. The summed E-state index contributed by atoms with van der Waals surface area (Å²) < 4.78 is 0. The minimum Gasteiger partial charge on any atom is -0.370 e. The third kappa shape index (κ3) is 5.38. The summed E-state index contributed by atoms with van der Waals surface area (Å²) in [5.41, 5.74) is 14.6. The number of piperidine rings is 2. The van der Waals surface area contributed by atoms with Crippen LogP contribution in [0.4, 0.5) is 0 Å². The minimum absolute atomic E-state index is 0.627. The molecule has 3 rings (SSSR count). The predicted octanol–water partition coefficient (Wildman–Crippen LogP) is 2.29. The summed E-state index contributed by atoms with van der Waals surface area (Å²) in [6.45, 7) is 5.38. The van der Waals surface area contributed by atoms with Gasteiger partial charge in [0.05, 0.1) is 13.1 Å². The Morgan fingerprint density at radius 3 is 1.35 bits per heavy atom. The fourth-order valence-electron chi connectivity index (χ4n) is 3.54. The minimum atomic E-state index is 0.627. The van der Waals surface area contributed by atoms with Crippen molar-refractivity contribution in [2.75, 3.05) is 26.2 Å². The first-order chi connectivity index (χ1) is 12.7.